The van der Waals surface area contributed by atoms with Gasteiger partial charge in [0.15, 0.2) is 11.5 Å². The number of hydrogen-bond acceptors (Lipinski definition) is 5. The highest BCUT2D eigenvalue weighted by atomic mass is 79.9. The van der Waals surface area contributed by atoms with Crippen molar-refractivity contribution in [2.75, 3.05) is 18.0 Å². The van der Waals surface area contributed by atoms with Crippen LogP contribution in [0.1, 0.15) is 18.2 Å². The van der Waals surface area contributed by atoms with Gasteiger partial charge in [0.1, 0.15) is 6.07 Å². The van der Waals surface area contributed by atoms with Crippen LogP contribution in [0.2, 0.25) is 0 Å². The Labute approximate surface area is 118 Å². The molecule has 1 aliphatic heterocycles. The fraction of sp³-hybridized carbons (Fsp3) is 0.333. The van der Waals surface area contributed by atoms with Crippen LogP contribution in [0.3, 0.4) is 0 Å². The molecule has 1 saturated heterocycles. The van der Waals surface area contributed by atoms with Crippen LogP contribution in [0.15, 0.2) is 29.3 Å². The molecule has 2 aromatic rings. The number of halogens is 1. The Morgan fingerprint density at radius 1 is 1.37 bits per heavy atom. The Kier molecular flexibility index (Phi) is 3.17. The fourth-order valence-corrected chi connectivity index (χ4v) is 2.61. The van der Waals surface area contributed by atoms with Gasteiger partial charge in [0, 0.05) is 31.7 Å². The number of rotatable bonds is 2. The number of nitriles is 1. The summed E-state index contributed by atoms with van der Waals surface area (Å²) in [6.07, 6.45) is 7.89. The van der Waals surface area contributed by atoms with E-state index >= 15 is 0 Å². The first kappa shape index (κ1) is 12.1. The molecule has 19 heavy (non-hydrogen) atoms. The summed E-state index contributed by atoms with van der Waals surface area (Å²) < 4.78 is 2.93. The Morgan fingerprint density at radius 3 is 2.95 bits per heavy atom. The van der Waals surface area contributed by atoms with Gasteiger partial charge in [0.05, 0.1) is 16.7 Å². The van der Waals surface area contributed by atoms with Crippen molar-refractivity contribution in [3.05, 3.63) is 35.0 Å². The van der Waals surface area contributed by atoms with Crippen LogP contribution in [0.5, 0.6) is 0 Å². The van der Waals surface area contributed by atoms with Crippen LogP contribution in [-0.2, 0) is 0 Å². The van der Waals surface area contributed by atoms with Gasteiger partial charge in [-0.2, -0.15) is 10.4 Å². The number of aromatic nitrogens is 4. The molecule has 0 bridgehead atoms. The summed E-state index contributed by atoms with van der Waals surface area (Å²) in [4.78, 5) is 10.4. The van der Waals surface area contributed by atoms with Crippen LogP contribution in [0.25, 0.3) is 0 Å². The molecule has 3 rings (SSSR count). The normalized spacial score (nSPS) is 18.5. The standard InChI is InChI=1S/C12H11BrN6/c13-9-6-17-19(7-9)10-1-4-18(8-10)12-11(5-14)15-2-3-16-12/h2-3,6-7,10H,1,4,8H2. The fourth-order valence-electron chi connectivity index (χ4n) is 2.31. The maximum atomic E-state index is 9.06. The molecule has 0 N–H and O–H groups in total. The largest absolute Gasteiger partial charge is 0.352 e. The predicted molar refractivity (Wildman–Crippen MR) is 72.5 cm³/mol. The highest BCUT2D eigenvalue weighted by Crippen LogP contribution is 2.27. The first-order chi connectivity index (χ1) is 9.28. The third kappa shape index (κ3) is 2.31. The highest BCUT2D eigenvalue weighted by Gasteiger charge is 2.27. The van der Waals surface area contributed by atoms with Gasteiger partial charge in [-0.1, -0.05) is 0 Å². The van der Waals surface area contributed by atoms with E-state index in [2.05, 4.69) is 42.0 Å². The van der Waals surface area contributed by atoms with Gasteiger partial charge < -0.3 is 4.90 Å². The molecular weight excluding hydrogens is 308 g/mol. The molecule has 7 heteroatoms. The molecule has 0 amide bonds. The summed E-state index contributed by atoms with van der Waals surface area (Å²) in [5.74, 6) is 0.665. The van der Waals surface area contributed by atoms with Crippen molar-refractivity contribution in [2.45, 2.75) is 12.5 Å². The smallest absolute Gasteiger partial charge is 0.183 e. The third-order valence-corrected chi connectivity index (χ3v) is 3.60. The van der Waals surface area contributed by atoms with Gasteiger partial charge >= 0.3 is 0 Å². The zero-order valence-electron chi connectivity index (χ0n) is 10.1. The van der Waals surface area contributed by atoms with Gasteiger partial charge in [-0.05, 0) is 22.4 Å². The number of nitrogens with zero attached hydrogens (tertiary/aromatic N) is 6. The lowest BCUT2D eigenvalue weighted by molar-refractivity contribution is 0.494. The quantitative estimate of drug-likeness (QED) is 0.843. The molecule has 0 radical (unpaired) electrons. The molecular formula is C12H11BrN6. The van der Waals surface area contributed by atoms with Crippen molar-refractivity contribution in [2.24, 2.45) is 0 Å². The van der Waals surface area contributed by atoms with Crippen LogP contribution in [-0.4, -0.2) is 32.8 Å². The molecule has 1 unspecified atom stereocenters. The minimum atomic E-state index is 0.305. The van der Waals surface area contributed by atoms with Crippen molar-refractivity contribution >= 4 is 21.7 Å². The van der Waals surface area contributed by atoms with Gasteiger partial charge in [0.2, 0.25) is 0 Å². The van der Waals surface area contributed by atoms with Crippen molar-refractivity contribution in [3.8, 4) is 6.07 Å². The first-order valence-electron chi connectivity index (χ1n) is 5.93. The van der Waals surface area contributed by atoms with Gasteiger partial charge in [0.25, 0.3) is 0 Å². The zero-order chi connectivity index (χ0) is 13.2. The van der Waals surface area contributed by atoms with Crippen molar-refractivity contribution in [3.63, 3.8) is 0 Å². The second kappa shape index (κ2) is 4.97. The average molecular weight is 319 g/mol. The summed E-state index contributed by atoms with van der Waals surface area (Å²) in [6, 6.07) is 2.39. The third-order valence-electron chi connectivity index (χ3n) is 3.19. The molecule has 2 aromatic heterocycles. The summed E-state index contributed by atoms with van der Waals surface area (Å²) >= 11 is 3.40. The van der Waals surface area contributed by atoms with Gasteiger partial charge in [-0.15, -0.1) is 0 Å². The molecule has 0 saturated carbocycles. The summed E-state index contributed by atoms with van der Waals surface area (Å²) in [7, 11) is 0. The second-order valence-electron chi connectivity index (χ2n) is 4.37. The molecule has 6 nitrogen and oxygen atoms in total. The van der Waals surface area contributed by atoms with E-state index in [1.807, 2.05) is 10.9 Å². The first-order valence-corrected chi connectivity index (χ1v) is 6.73. The van der Waals surface area contributed by atoms with Gasteiger partial charge in [-0.3, -0.25) is 4.68 Å². The van der Waals surface area contributed by atoms with E-state index in [0.29, 0.717) is 17.6 Å². The van der Waals surface area contributed by atoms with Crippen molar-refractivity contribution < 1.29 is 0 Å². The highest BCUT2D eigenvalue weighted by molar-refractivity contribution is 9.10. The van der Waals surface area contributed by atoms with E-state index < -0.39 is 0 Å². The summed E-state index contributed by atoms with van der Waals surface area (Å²) in [6.45, 7) is 1.65. The molecule has 0 aliphatic carbocycles. The molecule has 96 valence electrons. The van der Waals surface area contributed by atoms with Crippen molar-refractivity contribution in [1.82, 2.24) is 19.7 Å². The monoisotopic (exact) mass is 318 g/mol. The summed E-state index contributed by atoms with van der Waals surface area (Å²) in [5, 5.41) is 13.4. The topological polar surface area (TPSA) is 70.6 Å². The maximum Gasteiger partial charge on any atom is 0.183 e. The van der Waals surface area contributed by atoms with E-state index in [9.17, 15) is 0 Å². The minimum absolute atomic E-state index is 0.305. The Balaban J connectivity index is 1.81. The second-order valence-corrected chi connectivity index (χ2v) is 5.28. The van der Waals surface area contributed by atoms with Crippen LogP contribution >= 0.6 is 15.9 Å². The molecule has 3 heterocycles. The maximum absolute atomic E-state index is 9.06. The van der Waals surface area contributed by atoms with E-state index in [0.717, 1.165) is 24.0 Å². The lowest BCUT2D eigenvalue weighted by atomic mass is 10.3. The zero-order valence-corrected chi connectivity index (χ0v) is 11.7. The van der Waals surface area contributed by atoms with E-state index in [1.165, 1.54) is 0 Å². The Morgan fingerprint density at radius 2 is 2.21 bits per heavy atom. The van der Waals surface area contributed by atoms with E-state index in [-0.39, 0.29) is 0 Å². The Hall–Kier alpha value is -1.94. The summed E-state index contributed by atoms with van der Waals surface area (Å²) in [5.41, 5.74) is 0.379. The van der Waals surface area contributed by atoms with Crippen LogP contribution < -0.4 is 4.90 Å². The molecule has 0 spiro atoms. The lowest BCUT2D eigenvalue weighted by Crippen LogP contribution is -2.23. The molecule has 1 fully saturated rings. The number of anilines is 1. The molecule has 0 aromatic carbocycles. The average Bonchev–Trinajstić information content (AvgIpc) is 3.07. The molecule has 1 aliphatic rings. The SMILES string of the molecule is N#Cc1nccnc1N1CCC(n2cc(Br)cn2)C1. The van der Waals surface area contributed by atoms with Gasteiger partial charge in [-0.25, -0.2) is 9.97 Å². The van der Waals surface area contributed by atoms with E-state index in [4.69, 9.17) is 5.26 Å². The van der Waals surface area contributed by atoms with Crippen LogP contribution in [0, 0.1) is 11.3 Å². The lowest BCUT2D eigenvalue weighted by Gasteiger charge is -2.17. The number of hydrogen-bond donors (Lipinski definition) is 0. The Bertz CT molecular complexity index is 631. The van der Waals surface area contributed by atoms with Crippen molar-refractivity contribution in [1.29, 1.82) is 5.26 Å². The molecule has 1 atom stereocenters. The van der Waals surface area contributed by atoms with E-state index in [1.54, 1.807) is 18.6 Å². The predicted octanol–water partition coefficient (Wildman–Crippen LogP) is 1.76. The van der Waals surface area contributed by atoms with Crippen LogP contribution in [0.4, 0.5) is 5.82 Å². The minimum Gasteiger partial charge on any atom is -0.352 e.